The van der Waals surface area contributed by atoms with Crippen LogP contribution in [-0.2, 0) is 6.61 Å². The van der Waals surface area contributed by atoms with Gasteiger partial charge in [-0.2, -0.15) is 4.98 Å². The summed E-state index contributed by atoms with van der Waals surface area (Å²) in [6.45, 7) is 2.07. The van der Waals surface area contributed by atoms with Crippen molar-refractivity contribution in [1.29, 1.82) is 0 Å². The number of aromatic nitrogens is 4. The number of carbonyl (C=O) groups excluding carboxylic acids is 1. The summed E-state index contributed by atoms with van der Waals surface area (Å²) in [6, 6.07) is 4.55. The molecule has 0 saturated heterocycles. The molecule has 32 heavy (non-hydrogen) atoms. The van der Waals surface area contributed by atoms with Gasteiger partial charge in [-0.1, -0.05) is 0 Å². The Morgan fingerprint density at radius 1 is 1.34 bits per heavy atom. The third-order valence-corrected chi connectivity index (χ3v) is 4.75. The van der Waals surface area contributed by atoms with Gasteiger partial charge in [-0.15, -0.1) is 0 Å². The summed E-state index contributed by atoms with van der Waals surface area (Å²) in [6.07, 6.45) is 4.56. The molecule has 10 nitrogen and oxygen atoms in total. The number of carbonyl (C=O) groups is 1. The second-order valence-electron chi connectivity index (χ2n) is 7.29. The maximum atomic E-state index is 14.4. The van der Waals surface area contributed by atoms with Crippen LogP contribution in [0.5, 0.6) is 6.01 Å². The summed E-state index contributed by atoms with van der Waals surface area (Å²) in [4.78, 5) is 25.5. The number of nitrogens with zero attached hydrogens (tertiary/aromatic N) is 4. The number of hydrogen-bond acceptors (Lipinski definition) is 8. The number of halogens is 1. The molecule has 166 valence electrons. The maximum absolute atomic E-state index is 14.4. The van der Waals surface area contributed by atoms with E-state index in [0.29, 0.717) is 23.1 Å². The van der Waals surface area contributed by atoms with Crippen molar-refractivity contribution in [2.75, 3.05) is 24.3 Å². The molecule has 5 N–H and O–H groups in total. The van der Waals surface area contributed by atoms with Gasteiger partial charge >= 0.3 is 6.01 Å². The van der Waals surface area contributed by atoms with Gasteiger partial charge in [0.2, 0.25) is 0 Å². The van der Waals surface area contributed by atoms with E-state index in [1.54, 1.807) is 18.3 Å². The zero-order valence-corrected chi connectivity index (χ0v) is 17.5. The fraction of sp³-hybridized carbons (Fsp3) is 0.238. The van der Waals surface area contributed by atoms with Crippen LogP contribution in [0, 0.1) is 5.82 Å². The lowest BCUT2D eigenvalue weighted by atomic mass is 10.1. The standard InChI is InChI=1S/C21H22FN7O3/c1-11(23)6-24-17-4-3-14(18-15(17)7-25-21(28-18)32-2)20(31)27-12-5-16(22)19-26-13(10-30)9-29(19)8-12/h3-5,7-9,11,24,30H,6,10,23H2,1-2H3,(H,27,31)/t11-/m0/s1. The van der Waals surface area contributed by atoms with E-state index in [4.69, 9.17) is 10.5 Å². The first-order chi connectivity index (χ1) is 15.4. The molecular formula is C21H22FN7O3. The first-order valence-corrected chi connectivity index (χ1v) is 9.82. The van der Waals surface area contributed by atoms with Crippen LogP contribution < -0.4 is 21.1 Å². The van der Waals surface area contributed by atoms with Crippen molar-refractivity contribution in [3.63, 3.8) is 0 Å². The monoisotopic (exact) mass is 439 g/mol. The largest absolute Gasteiger partial charge is 0.467 e. The second-order valence-corrected chi connectivity index (χ2v) is 7.29. The van der Waals surface area contributed by atoms with Crippen LogP contribution in [0.15, 0.2) is 36.8 Å². The number of benzene rings is 1. The third-order valence-electron chi connectivity index (χ3n) is 4.75. The van der Waals surface area contributed by atoms with Gasteiger partial charge in [-0.3, -0.25) is 4.79 Å². The molecule has 11 heteroatoms. The third kappa shape index (κ3) is 4.15. The van der Waals surface area contributed by atoms with Crippen LogP contribution in [0.4, 0.5) is 15.8 Å². The van der Waals surface area contributed by atoms with Gasteiger partial charge in [0, 0.05) is 48.3 Å². The molecule has 0 aliphatic carbocycles. The molecule has 0 radical (unpaired) electrons. The number of nitrogens with two attached hydrogens (primary N) is 1. The van der Waals surface area contributed by atoms with Crippen molar-refractivity contribution in [2.45, 2.75) is 19.6 Å². The minimum atomic E-state index is -0.633. The number of amides is 1. The fourth-order valence-electron chi connectivity index (χ4n) is 3.26. The van der Waals surface area contributed by atoms with Gasteiger partial charge in [0.25, 0.3) is 5.91 Å². The van der Waals surface area contributed by atoms with Crippen molar-refractivity contribution in [2.24, 2.45) is 5.73 Å². The molecule has 3 aromatic heterocycles. The smallest absolute Gasteiger partial charge is 0.316 e. The molecule has 0 unspecified atom stereocenters. The highest BCUT2D eigenvalue weighted by atomic mass is 19.1. The van der Waals surface area contributed by atoms with Gasteiger partial charge in [0.1, 0.15) is 0 Å². The predicted octanol–water partition coefficient (Wildman–Crippen LogP) is 1.93. The van der Waals surface area contributed by atoms with Crippen LogP contribution in [0.2, 0.25) is 0 Å². The van der Waals surface area contributed by atoms with Gasteiger partial charge in [-0.25, -0.2) is 14.4 Å². The Morgan fingerprint density at radius 2 is 2.16 bits per heavy atom. The Labute approximate surface area is 182 Å². The van der Waals surface area contributed by atoms with Crippen molar-refractivity contribution in [3.8, 4) is 6.01 Å². The van der Waals surface area contributed by atoms with Crippen LogP contribution >= 0.6 is 0 Å². The van der Waals surface area contributed by atoms with E-state index in [-0.39, 0.29) is 35.6 Å². The zero-order valence-electron chi connectivity index (χ0n) is 17.5. The number of hydrogen-bond donors (Lipinski definition) is 4. The number of nitrogens with one attached hydrogen (secondary N) is 2. The average molecular weight is 439 g/mol. The Balaban J connectivity index is 1.71. The molecule has 0 bridgehead atoms. The molecule has 1 aromatic carbocycles. The minimum Gasteiger partial charge on any atom is -0.467 e. The summed E-state index contributed by atoms with van der Waals surface area (Å²) in [5.41, 5.74) is 7.77. The molecule has 0 spiro atoms. The summed E-state index contributed by atoms with van der Waals surface area (Å²) in [5, 5.41) is 15.7. The molecule has 1 amide bonds. The number of anilines is 2. The Hall–Kier alpha value is -3.83. The van der Waals surface area contributed by atoms with Gasteiger partial charge in [0.15, 0.2) is 11.5 Å². The number of rotatable bonds is 7. The average Bonchev–Trinajstić information content (AvgIpc) is 3.20. The van der Waals surface area contributed by atoms with Gasteiger partial charge in [-0.05, 0) is 19.1 Å². The lowest BCUT2D eigenvalue weighted by molar-refractivity contribution is 0.102. The van der Waals surface area contributed by atoms with E-state index in [2.05, 4.69) is 25.6 Å². The van der Waals surface area contributed by atoms with Crippen molar-refractivity contribution >= 4 is 33.8 Å². The van der Waals surface area contributed by atoms with Crippen LogP contribution in [0.25, 0.3) is 16.6 Å². The highest BCUT2D eigenvalue weighted by Crippen LogP contribution is 2.27. The van der Waals surface area contributed by atoms with E-state index in [1.165, 1.54) is 23.9 Å². The molecule has 0 fully saturated rings. The normalized spacial score (nSPS) is 12.2. The Kier molecular flexibility index (Phi) is 5.84. The number of methoxy groups -OCH3 is 1. The number of pyridine rings is 1. The lowest BCUT2D eigenvalue weighted by Gasteiger charge is -2.14. The molecule has 0 aliphatic rings. The molecule has 0 saturated carbocycles. The van der Waals surface area contributed by atoms with E-state index in [9.17, 15) is 14.3 Å². The van der Waals surface area contributed by atoms with Crippen LogP contribution in [0.3, 0.4) is 0 Å². The molecule has 1 atom stereocenters. The zero-order chi connectivity index (χ0) is 22.8. The van der Waals surface area contributed by atoms with Crippen LogP contribution in [0.1, 0.15) is 23.0 Å². The summed E-state index contributed by atoms with van der Waals surface area (Å²) >= 11 is 0. The van der Waals surface area contributed by atoms with Gasteiger partial charge < -0.3 is 30.6 Å². The SMILES string of the molecule is COc1ncc2c(NC[C@H](C)N)ccc(C(=O)Nc3cc(F)c4nc(CO)cn4c3)c2n1. The Bertz CT molecular complexity index is 1310. The molecular weight excluding hydrogens is 417 g/mol. The van der Waals surface area contributed by atoms with Gasteiger partial charge in [0.05, 0.1) is 36.2 Å². The van der Waals surface area contributed by atoms with Crippen molar-refractivity contribution in [3.05, 3.63) is 53.9 Å². The first-order valence-electron chi connectivity index (χ1n) is 9.82. The first kappa shape index (κ1) is 21.4. The predicted molar refractivity (Wildman–Crippen MR) is 117 cm³/mol. The van der Waals surface area contributed by atoms with Crippen molar-refractivity contribution < 1.29 is 19.0 Å². The number of aliphatic hydroxyl groups excluding tert-OH is 1. The quantitative estimate of drug-likeness (QED) is 0.342. The molecule has 0 aliphatic heterocycles. The number of ether oxygens (including phenoxy) is 1. The van der Waals surface area contributed by atoms with E-state index >= 15 is 0 Å². The highest BCUT2D eigenvalue weighted by Gasteiger charge is 2.17. The number of aliphatic hydroxyl groups is 1. The van der Waals surface area contributed by atoms with Crippen molar-refractivity contribution in [1.82, 2.24) is 19.4 Å². The van der Waals surface area contributed by atoms with E-state index in [0.717, 1.165) is 11.8 Å². The summed E-state index contributed by atoms with van der Waals surface area (Å²) < 4.78 is 21.0. The maximum Gasteiger partial charge on any atom is 0.316 e. The van der Waals surface area contributed by atoms with Crippen LogP contribution in [-0.4, -0.2) is 50.1 Å². The van der Waals surface area contributed by atoms with E-state index in [1.807, 2.05) is 6.92 Å². The second kappa shape index (κ2) is 8.73. The number of imidazole rings is 1. The summed E-state index contributed by atoms with van der Waals surface area (Å²) in [5.74, 6) is -1.12. The topological polar surface area (TPSA) is 140 Å². The highest BCUT2D eigenvalue weighted by molar-refractivity contribution is 6.13. The molecule has 4 aromatic rings. The molecule has 4 rings (SSSR count). The molecule has 3 heterocycles. The fourth-order valence-corrected chi connectivity index (χ4v) is 3.26. The summed E-state index contributed by atoms with van der Waals surface area (Å²) in [7, 11) is 1.43. The lowest BCUT2D eigenvalue weighted by Crippen LogP contribution is -2.25. The minimum absolute atomic E-state index is 0.0551. The Morgan fingerprint density at radius 3 is 2.88 bits per heavy atom. The number of fused-ring (bicyclic) bond motifs is 2. The van der Waals surface area contributed by atoms with E-state index < -0.39 is 11.7 Å².